The first-order valence-electron chi connectivity index (χ1n) is 12.2. The first-order chi connectivity index (χ1) is 20.8. The van der Waals surface area contributed by atoms with E-state index < -0.39 is 36.2 Å². The van der Waals surface area contributed by atoms with Crippen molar-refractivity contribution >= 4 is 60.4 Å². The molecule has 5 aromatic rings. The summed E-state index contributed by atoms with van der Waals surface area (Å²) in [6, 6.07) is 16.7. The van der Waals surface area contributed by atoms with Gasteiger partial charge in [0.1, 0.15) is 15.6 Å². The Balaban J connectivity index is 1.35. The Kier molecular flexibility index (Phi) is 8.28. The molecule has 2 aromatic heterocycles. The lowest BCUT2D eigenvalue weighted by Crippen LogP contribution is -2.21. The molecule has 3 aromatic carbocycles. The van der Waals surface area contributed by atoms with Gasteiger partial charge in [0, 0.05) is 5.69 Å². The molecule has 0 aliphatic rings. The SMILES string of the molecule is Cc1c(N=Nc2ccccc2S(=O)(=O)O)c(=O)[nH]n1-c1ccc(NS(=O)(=O)c2ccc(-n3ncc(Cl)c(Cl)c3=O)cc2)cc1. The largest absolute Gasteiger partial charge is 0.296 e. The number of hydrogen-bond donors (Lipinski definition) is 3. The van der Waals surface area contributed by atoms with E-state index in [1.54, 1.807) is 19.1 Å². The molecule has 2 heterocycles. The van der Waals surface area contributed by atoms with Gasteiger partial charge in [0.15, 0.2) is 5.69 Å². The number of anilines is 1. The number of nitrogens with one attached hydrogen (secondary N) is 2. The smallest absolute Gasteiger partial charge is 0.282 e. The molecule has 0 aliphatic heterocycles. The van der Waals surface area contributed by atoms with Gasteiger partial charge in [0.05, 0.1) is 33.2 Å². The Morgan fingerprint density at radius 1 is 0.886 bits per heavy atom. The lowest BCUT2D eigenvalue weighted by atomic mass is 10.3. The van der Waals surface area contributed by atoms with E-state index in [9.17, 15) is 31.0 Å². The lowest BCUT2D eigenvalue weighted by molar-refractivity contribution is 0.483. The Labute approximate surface area is 259 Å². The zero-order chi connectivity index (χ0) is 31.8. The van der Waals surface area contributed by atoms with Crippen LogP contribution in [0.2, 0.25) is 10.0 Å². The van der Waals surface area contributed by atoms with E-state index in [1.807, 2.05) is 0 Å². The van der Waals surface area contributed by atoms with E-state index in [0.29, 0.717) is 11.4 Å². The van der Waals surface area contributed by atoms with Gasteiger partial charge in [-0.3, -0.25) is 28.6 Å². The zero-order valence-electron chi connectivity index (χ0n) is 22.2. The summed E-state index contributed by atoms with van der Waals surface area (Å²) >= 11 is 11.7. The second-order valence-corrected chi connectivity index (χ2v) is 12.9. The number of H-pyrrole nitrogens is 1. The molecule has 0 fully saturated rings. The van der Waals surface area contributed by atoms with Crippen molar-refractivity contribution in [1.29, 1.82) is 0 Å². The molecule has 0 saturated carbocycles. The molecule has 226 valence electrons. The zero-order valence-corrected chi connectivity index (χ0v) is 25.4. The summed E-state index contributed by atoms with van der Waals surface area (Å²) in [7, 11) is -8.60. The second-order valence-electron chi connectivity index (χ2n) is 9.02. The highest BCUT2D eigenvalue weighted by Crippen LogP contribution is 2.27. The molecule has 0 bridgehead atoms. The van der Waals surface area contributed by atoms with Crippen molar-refractivity contribution < 1.29 is 21.4 Å². The quantitative estimate of drug-likeness (QED) is 0.154. The van der Waals surface area contributed by atoms with Crippen LogP contribution >= 0.6 is 23.2 Å². The minimum absolute atomic E-state index is 0.00787. The van der Waals surface area contributed by atoms with Crippen molar-refractivity contribution in [2.24, 2.45) is 10.2 Å². The molecule has 18 heteroatoms. The summed E-state index contributed by atoms with van der Waals surface area (Å²) in [6.45, 7) is 1.57. The fourth-order valence-electron chi connectivity index (χ4n) is 4.00. The average molecular weight is 677 g/mol. The molecule has 5 rings (SSSR count). The third-order valence-electron chi connectivity index (χ3n) is 6.15. The van der Waals surface area contributed by atoms with E-state index in [2.05, 4.69) is 25.1 Å². The van der Waals surface area contributed by atoms with Crippen molar-refractivity contribution in [3.05, 3.63) is 115 Å². The van der Waals surface area contributed by atoms with Crippen molar-refractivity contribution in [2.75, 3.05) is 4.72 Å². The van der Waals surface area contributed by atoms with Crippen LogP contribution in [0.4, 0.5) is 17.1 Å². The summed E-state index contributed by atoms with van der Waals surface area (Å²) in [5.41, 5.74) is -0.288. The van der Waals surface area contributed by atoms with Gasteiger partial charge < -0.3 is 0 Å². The third-order valence-corrected chi connectivity index (χ3v) is 9.20. The first-order valence-corrected chi connectivity index (χ1v) is 15.9. The highest BCUT2D eigenvalue weighted by molar-refractivity contribution is 7.92. The Morgan fingerprint density at radius 3 is 2.18 bits per heavy atom. The normalized spacial score (nSPS) is 12.1. The monoisotopic (exact) mass is 675 g/mol. The summed E-state index contributed by atoms with van der Waals surface area (Å²) in [5, 5.41) is 14.0. The molecule has 0 spiro atoms. The minimum Gasteiger partial charge on any atom is -0.282 e. The number of aromatic nitrogens is 4. The topological polar surface area (TPSA) is 198 Å². The van der Waals surface area contributed by atoms with E-state index in [-0.39, 0.29) is 37.7 Å². The maximum Gasteiger partial charge on any atom is 0.296 e. The highest BCUT2D eigenvalue weighted by Gasteiger charge is 2.18. The van der Waals surface area contributed by atoms with Gasteiger partial charge in [-0.15, -0.1) is 10.2 Å². The lowest BCUT2D eigenvalue weighted by Gasteiger charge is -2.11. The number of nitrogens with zero attached hydrogens (tertiary/aromatic N) is 5. The summed E-state index contributed by atoms with van der Waals surface area (Å²) in [6.07, 6.45) is 1.20. The van der Waals surface area contributed by atoms with Gasteiger partial charge in [0.25, 0.3) is 31.3 Å². The fourth-order valence-corrected chi connectivity index (χ4v) is 5.94. The highest BCUT2D eigenvalue weighted by atomic mass is 35.5. The minimum atomic E-state index is -4.57. The molecule has 14 nitrogen and oxygen atoms in total. The van der Waals surface area contributed by atoms with Crippen LogP contribution in [0.15, 0.2) is 109 Å². The van der Waals surface area contributed by atoms with E-state index in [4.69, 9.17) is 23.2 Å². The van der Waals surface area contributed by atoms with Gasteiger partial charge in [-0.2, -0.15) is 18.2 Å². The first kappa shape index (κ1) is 30.8. The van der Waals surface area contributed by atoms with Crippen LogP contribution in [-0.2, 0) is 20.1 Å². The Morgan fingerprint density at radius 2 is 1.52 bits per heavy atom. The van der Waals surface area contributed by atoms with E-state index in [1.165, 1.54) is 65.5 Å². The third kappa shape index (κ3) is 6.20. The van der Waals surface area contributed by atoms with Gasteiger partial charge in [-0.25, -0.2) is 8.42 Å². The Hall–Kier alpha value is -4.61. The number of aromatic amines is 1. The summed E-state index contributed by atoms with van der Waals surface area (Å²) in [5.74, 6) is 0. The maximum atomic E-state index is 13.0. The number of hydrogen-bond acceptors (Lipinski definition) is 9. The number of rotatable bonds is 8. The number of azo groups is 1. The fraction of sp³-hybridized carbons (Fsp3) is 0.0385. The molecule has 44 heavy (non-hydrogen) atoms. The number of benzene rings is 3. The molecular weight excluding hydrogens is 657 g/mol. The summed E-state index contributed by atoms with van der Waals surface area (Å²) < 4.78 is 63.4. The van der Waals surface area contributed by atoms with E-state index in [0.717, 1.165) is 10.7 Å². The predicted octanol–water partition coefficient (Wildman–Crippen LogP) is 4.79. The van der Waals surface area contributed by atoms with Crippen LogP contribution in [0.1, 0.15) is 5.69 Å². The van der Waals surface area contributed by atoms with Crippen LogP contribution in [0, 0.1) is 6.92 Å². The average Bonchev–Trinajstić information content (AvgIpc) is 3.27. The van der Waals surface area contributed by atoms with Crippen molar-refractivity contribution in [2.45, 2.75) is 16.7 Å². The van der Waals surface area contributed by atoms with Crippen LogP contribution < -0.4 is 15.8 Å². The molecule has 0 unspecified atom stereocenters. The number of sulfonamides is 1. The predicted molar refractivity (Wildman–Crippen MR) is 162 cm³/mol. The van der Waals surface area contributed by atoms with Gasteiger partial charge in [-0.1, -0.05) is 35.3 Å². The molecule has 0 aliphatic carbocycles. The molecule has 0 atom stereocenters. The van der Waals surface area contributed by atoms with Gasteiger partial charge in [0.2, 0.25) is 0 Å². The van der Waals surface area contributed by atoms with Crippen LogP contribution in [0.25, 0.3) is 11.4 Å². The molecule has 0 radical (unpaired) electrons. The molecule has 3 N–H and O–H groups in total. The maximum absolute atomic E-state index is 13.0. The van der Waals surface area contributed by atoms with Crippen LogP contribution in [0.5, 0.6) is 0 Å². The van der Waals surface area contributed by atoms with Crippen molar-refractivity contribution in [3.8, 4) is 11.4 Å². The van der Waals surface area contributed by atoms with Gasteiger partial charge >= 0.3 is 0 Å². The molecular formula is C26H19Cl2N7O7S2. The van der Waals surface area contributed by atoms with Gasteiger partial charge in [-0.05, 0) is 67.6 Å². The van der Waals surface area contributed by atoms with Crippen molar-refractivity contribution in [1.82, 2.24) is 19.6 Å². The van der Waals surface area contributed by atoms with Crippen LogP contribution in [-0.4, -0.2) is 40.9 Å². The molecule has 0 saturated heterocycles. The standard InChI is InChI=1S/C26H19Cl2N7O7S2/c1-15-24(31-30-21-4-2-3-5-22(21)44(40,41)42)25(36)32-34(15)17-8-6-16(7-9-17)33-43(38,39)19-12-10-18(11-13-19)35-26(37)23(28)20(27)14-29-35/h2-14,33H,1H3,(H,32,36)(H,40,41,42). The van der Waals surface area contributed by atoms with E-state index >= 15 is 0 Å². The summed E-state index contributed by atoms with van der Waals surface area (Å²) in [4.78, 5) is 24.3. The second kappa shape index (κ2) is 11.8. The molecule has 0 amide bonds. The number of halogens is 2. The van der Waals surface area contributed by atoms with Crippen LogP contribution in [0.3, 0.4) is 0 Å². The Bertz CT molecular complexity index is 2260. The van der Waals surface area contributed by atoms with Crippen molar-refractivity contribution in [3.63, 3.8) is 0 Å².